The van der Waals surface area contributed by atoms with Crippen LogP contribution in [0.1, 0.15) is 29.7 Å². The molecule has 5 heteroatoms. The van der Waals surface area contributed by atoms with Crippen LogP contribution in [0.2, 0.25) is 0 Å². The van der Waals surface area contributed by atoms with Gasteiger partial charge in [0.25, 0.3) is 0 Å². The highest BCUT2D eigenvalue weighted by atomic mass is 16.5. The summed E-state index contributed by atoms with van der Waals surface area (Å²) in [6.07, 6.45) is 3.97. The minimum Gasteiger partial charge on any atom is -0.487 e. The Morgan fingerprint density at radius 1 is 1.23 bits per heavy atom. The number of aliphatic hydroxyl groups is 1. The molecule has 0 radical (unpaired) electrons. The predicted octanol–water partition coefficient (Wildman–Crippen LogP) is 1.92. The van der Waals surface area contributed by atoms with E-state index in [9.17, 15) is 5.11 Å². The van der Waals surface area contributed by atoms with Gasteiger partial charge in [-0.15, -0.1) is 0 Å². The molecular formula is C17H19N3O2. The van der Waals surface area contributed by atoms with E-state index in [1.54, 1.807) is 6.33 Å². The molecule has 0 amide bonds. The minimum atomic E-state index is -0.270. The third-order valence-electron chi connectivity index (χ3n) is 4.41. The maximum atomic E-state index is 9.95. The highest BCUT2D eigenvalue weighted by molar-refractivity contribution is 5.53. The molecular weight excluding hydrogens is 278 g/mol. The lowest BCUT2D eigenvalue weighted by molar-refractivity contribution is 0.153. The molecule has 1 atom stereocenters. The smallest absolute Gasteiger partial charge is 0.135 e. The maximum absolute atomic E-state index is 9.95. The second-order valence-electron chi connectivity index (χ2n) is 5.94. The van der Waals surface area contributed by atoms with Gasteiger partial charge in [-0.3, -0.25) is 0 Å². The lowest BCUT2D eigenvalue weighted by Crippen LogP contribution is -2.39. The molecule has 22 heavy (non-hydrogen) atoms. The highest BCUT2D eigenvalue weighted by Gasteiger charge is 2.25. The van der Waals surface area contributed by atoms with Crippen molar-refractivity contribution in [2.75, 3.05) is 18.0 Å². The van der Waals surface area contributed by atoms with Crippen LogP contribution in [0.3, 0.4) is 0 Å². The number of anilines is 1. The van der Waals surface area contributed by atoms with Crippen LogP contribution >= 0.6 is 0 Å². The predicted molar refractivity (Wildman–Crippen MR) is 83.1 cm³/mol. The number of ether oxygens (including phenoxy) is 1. The Morgan fingerprint density at radius 2 is 2.14 bits per heavy atom. The fourth-order valence-corrected chi connectivity index (χ4v) is 3.29. The first kappa shape index (κ1) is 13.5. The van der Waals surface area contributed by atoms with Gasteiger partial charge in [-0.1, -0.05) is 18.2 Å². The van der Waals surface area contributed by atoms with Gasteiger partial charge in [0.05, 0.1) is 11.8 Å². The number of hydrogen-bond acceptors (Lipinski definition) is 5. The van der Waals surface area contributed by atoms with Crippen molar-refractivity contribution in [1.82, 2.24) is 9.97 Å². The van der Waals surface area contributed by atoms with Crippen molar-refractivity contribution in [3.05, 3.63) is 47.4 Å². The first-order valence-corrected chi connectivity index (χ1v) is 7.78. The van der Waals surface area contributed by atoms with Crippen molar-refractivity contribution in [2.24, 2.45) is 0 Å². The van der Waals surface area contributed by atoms with Crippen LogP contribution in [0, 0.1) is 0 Å². The van der Waals surface area contributed by atoms with E-state index >= 15 is 0 Å². The van der Waals surface area contributed by atoms with Crippen LogP contribution in [0.15, 0.2) is 30.6 Å². The summed E-state index contributed by atoms with van der Waals surface area (Å²) in [6, 6.07) is 8.11. The van der Waals surface area contributed by atoms with E-state index in [1.807, 2.05) is 18.2 Å². The van der Waals surface area contributed by atoms with Crippen LogP contribution in [-0.2, 0) is 13.0 Å². The van der Waals surface area contributed by atoms with Gasteiger partial charge >= 0.3 is 0 Å². The number of nitrogens with zero attached hydrogens (tertiary/aromatic N) is 3. The van der Waals surface area contributed by atoms with E-state index in [0.29, 0.717) is 13.2 Å². The Kier molecular flexibility index (Phi) is 3.42. The quantitative estimate of drug-likeness (QED) is 0.871. The van der Waals surface area contributed by atoms with Crippen molar-refractivity contribution in [1.29, 1.82) is 0 Å². The number of benzene rings is 1. The molecule has 2 aliphatic rings. The largest absolute Gasteiger partial charge is 0.487 e. The van der Waals surface area contributed by atoms with Crippen molar-refractivity contribution >= 4 is 5.82 Å². The zero-order valence-electron chi connectivity index (χ0n) is 12.4. The molecule has 0 spiro atoms. The third kappa shape index (κ3) is 2.41. The molecule has 2 aromatic rings. The van der Waals surface area contributed by atoms with E-state index in [1.165, 1.54) is 0 Å². The Bertz CT molecular complexity index is 689. The summed E-state index contributed by atoms with van der Waals surface area (Å²) in [4.78, 5) is 11.1. The van der Waals surface area contributed by atoms with Crippen LogP contribution in [0.4, 0.5) is 5.82 Å². The summed E-state index contributed by atoms with van der Waals surface area (Å²) in [5.41, 5.74) is 3.23. The van der Waals surface area contributed by atoms with E-state index in [-0.39, 0.29) is 6.10 Å². The second kappa shape index (κ2) is 5.57. The number of aromatic nitrogens is 2. The van der Waals surface area contributed by atoms with Crippen LogP contribution in [0.5, 0.6) is 5.75 Å². The average molecular weight is 297 g/mol. The molecule has 1 N–H and O–H groups in total. The normalized spacial score (nSPS) is 20.6. The molecule has 1 saturated heterocycles. The van der Waals surface area contributed by atoms with Gasteiger partial charge in [0, 0.05) is 25.1 Å². The summed E-state index contributed by atoms with van der Waals surface area (Å²) >= 11 is 0. The molecule has 2 aliphatic heterocycles. The number of β-amino-alcohol motifs (C(OH)–C–C–N with tert-alkyl or cyclic N) is 1. The SMILES string of the molecule is OC1CCCN(c2ncnc3c2Cc2ccccc2OC3)C1. The number of aliphatic hydroxyl groups excluding tert-OH is 1. The highest BCUT2D eigenvalue weighted by Crippen LogP contribution is 2.32. The average Bonchev–Trinajstić information content (AvgIpc) is 2.74. The molecule has 0 bridgehead atoms. The third-order valence-corrected chi connectivity index (χ3v) is 4.41. The zero-order valence-corrected chi connectivity index (χ0v) is 12.4. The van der Waals surface area contributed by atoms with Gasteiger partial charge < -0.3 is 14.7 Å². The molecule has 1 fully saturated rings. The Balaban J connectivity index is 1.74. The van der Waals surface area contributed by atoms with Gasteiger partial charge in [0.1, 0.15) is 24.5 Å². The number of fused-ring (bicyclic) bond motifs is 2. The minimum absolute atomic E-state index is 0.270. The van der Waals surface area contributed by atoms with Crippen molar-refractivity contribution in [3.8, 4) is 5.75 Å². The van der Waals surface area contributed by atoms with Gasteiger partial charge in [-0.25, -0.2) is 9.97 Å². The molecule has 0 saturated carbocycles. The van der Waals surface area contributed by atoms with Crippen molar-refractivity contribution in [2.45, 2.75) is 32.0 Å². The summed E-state index contributed by atoms with van der Waals surface area (Å²) in [6.45, 7) is 2.05. The lowest BCUT2D eigenvalue weighted by atomic mass is 10.0. The lowest BCUT2D eigenvalue weighted by Gasteiger charge is -2.32. The van der Waals surface area contributed by atoms with Gasteiger partial charge in [-0.05, 0) is 24.5 Å². The number of piperidine rings is 1. The van der Waals surface area contributed by atoms with E-state index in [2.05, 4.69) is 20.9 Å². The summed E-state index contributed by atoms with van der Waals surface area (Å²) in [5.74, 6) is 1.87. The topological polar surface area (TPSA) is 58.5 Å². The molecule has 4 rings (SSSR count). The van der Waals surface area contributed by atoms with Crippen LogP contribution < -0.4 is 9.64 Å². The van der Waals surface area contributed by atoms with Crippen molar-refractivity contribution in [3.63, 3.8) is 0 Å². The molecule has 5 nitrogen and oxygen atoms in total. The molecule has 1 aromatic heterocycles. The van der Waals surface area contributed by atoms with Gasteiger partial charge in [0.2, 0.25) is 0 Å². The fourth-order valence-electron chi connectivity index (χ4n) is 3.29. The van der Waals surface area contributed by atoms with E-state index < -0.39 is 0 Å². The first-order chi connectivity index (χ1) is 10.8. The first-order valence-electron chi connectivity index (χ1n) is 7.78. The molecule has 0 aliphatic carbocycles. The standard InChI is InChI=1S/C17H19N3O2/c21-13-5-3-7-20(9-13)17-14-8-12-4-1-2-6-16(12)22-10-15(14)18-11-19-17/h1-2,4,6,11,13,21H,3,5,7-10H2. The Morgan fingerprint density at radius 3 is 3.05 bits per heavy atom. The van der Waals surface area contributed by atoms with Crippen LogP contribution in [-0.4, -0.2) is 34.3 Å². The Labute approximate surface area is 129 Å². The maximum Gasteiger partial charge on any atom is 0.135 e. The summed E-state index contributed by atoms with van der Waals surface area (Å²) in [7, 11) is 0. The van der Waals surface area contributed by atoms with E-state index in [4.69, 9.17) is 4.74 Å². The Hall–Kier alpha value is -2.14. The number of rotatable bonds is 1. The number of para-hydroxylation sites is 1. The molecule has 114 valence electrons. The molecule has 1 unspecified atom stereocenters. The fraction of sp³-hybridized carbons (Fsp3) is 0.412. The zero-order chi connectivity index (χ0) is 14.9. The van der Waals surface area contributed by atoms with Gasteiger partial charge in [-0.2, -0.15) is 0 Å². The second-order valence-corrected chi connectivity index (χ2v) is 5.94. The molecule has 1 aromatic carbocycles. The summed E-state index contributed by atoms with van der Waals surface area (Å²) < 4.78 is 5.88. The van der Waals surface area contributed by atoms with E-state index in [0.717, 1.165) is 54.2 Å². The van der Waals surface area contributed by atoms with Crippen LogP contribution in [0.25, 0.3) is 0 Å². The number of hydrogen-bond donors (Lipinski definition) is 1. The van der Waals surface area contributed by atoms with Gasteiger partial charge in [0.15, 0.2) is 0 Å². The monoisotopic (exact) mass is 297 g/mol. The van der Waals surface area contributed by atoms with Crippen molar-refractivity contribution < 1.29 is 9.84 Å². The summed E-state index contributed by atoms with van der Waals surface area (Å²) in [5, 5.41) is 9.95. The molecule has 3 heterocycles.